The molecule has 2 aromatic rings. The number of carboxylic acid groups (broad SMARTS) is 1. The zero-order valence-electron chi connectivity index (χ0n) is 18.9. The maximum Gasteiger partial charge on any atom is 0.407 e. The van der Waals surface area contributed by atoms with Crippen molar-refractivity contribution in [1.82, 2.24) is 10.2 Å². The Balaban J connectivity index is 1.74. The Morgan fingerprint density at radius 1 is 1.12 bits per heavy atom. The molecule has 2 amide bonds. The molecule has 1 fully saturated rings. The largest absolute Gasteiger partial charge is 0.493 e. The van der Waals surface area contributed by atoms with Crippen LogP contribution in [0.3, 0.4) is 0 Å². The van der Waals surface area contributed by atoms with Crippen LogP contribution >= 0.6 is 0 Å². The summed E-state index contributed by atoms with van der Waals surface area (Å²) in [5, 5.41) is 12.5. The smallest absolute Gasteiger partial charge is 0.407 e. The summed E-state index contributed by atoms with van der Waals surface area (Å²) in [5.74, 6) is 0.494. The van der Waals surface area contributed by atoms with Gasteiger partial charge in [-0.15, -0.1) is 0 Å². The average Bonchev–Trinajstić information content (AvgIpc) is 3.04. The molecule has 0 bridgehead atoms. The summed E-state index contributed by atoms with van der Waals surface area (Å²) in [6.07, 6.45) is -0.0596. The lowest BCUT2D eigenvalue weighted by Gasteiger charge is -2.28. The molecule has 0 aromatic heterocycles. The first-order valence-electron chi connectivity index (χ1n) is 10.8. The zero-order valence-corrected chi connectivity index (χ0v) is 18.9. The minimum absolute atomic E-state index is 0.0510. The van der Waals surface area contributed by atoms with Crippen molar-refractivity contribution in [2.45, 2.75) is 31.6 Å². The Bertz CT molecular complexity index is 922. The molecule has 33 heavy (non-hydrogen) atoms. The van der Waals surface area contributed by atoms with Crippen LogP contribution in [0.4, 0.5) is 4.79 Å². The van der Waals surface area contributed by atoms with Crippen LogP contribution in [0, 0.1) is 0 Å². The number of rotatable bonds is 9. The molecular weight excluding hydrogens is 428 g/mol. The predicted octanol–water partition coefficient (Wildman–Crippen LogP) is 3.14. The highest BCUT2D eigenvalue weighted by Crippen LogP contribution is 2.28. The maximum atomic E-state index is 13.1. The van der Waals surface area contributed by atoms with Crippen LogP contribution in [0.2, 0.25) is 0 Å². The van der Waals surface area contributed by atoms with Crippen molar-refractivity contribution in [2.24, 2.45) is 0 Å². The summed E-state index contributed by atoms with van der Waals surface area (Å²) in [6, 6.07) is 14.1. The molecule has 2 N–H and O–H groups in total. The lowest BCUT2D eigenvalue weighted by atomic mass is 10.1. The molecular formula is C24H30N2O7. The topological polar surface area (TPSA) is 107 Å². The van der Waals surface area contributed by atoms with Gasteiger partial charge in [-0.2, -0.15) is 0 Å². The third-order valence-electron chi connectivity index (χ3n) is 5.43. The number of nitrogens with zero attached hydrogens (tertiary/aromatic N) is 1. The highest BCUT2D eigenvalue weighted by Gasteiger charge is 2.31. The van der Waals surface area contributed by atoms with Gasteiger partial charge in [0.1, 0.15) is 0 Å². The molecule has 178 valence electrons. The molecule has 0 aliphatic carbocycles. The van der Waals surface area contributed by atoms with Gasteiger partial charge >= 0.3 is 6.09 Å². The molecule has 1 heterocycles. The second-order valence-electron chi connectivity index (χ2n) is 7.70. The van der Waals surface area contributed by atoms with Crippen molar-refractivity contribution < 1.29 is 33.6 Å². The molecule has 3 rings (SSSR count). The Labute approximate surface area is 193 Å². The zero-order chi connectivity index (χ0) is 23.6. The van der Waals surface area contributed by atoms with E-state index < -0.39 is 12.1 Å². The molecule has 2 aromatic carbocycles. The van der Waals surface area contributed by atoms with E-state index in [0.717, 1.165) is 5.56 Å². The van der Waals surface area contributed by atoms with Gasteiger partial charge in [0.25, 0.3) is 5.91 Å². The number of likely N-dealkylation sites (tertiary alicyclic amines) is 1. The van der Waals surface area contributed by atoms with Crippen molar-refractivity contribution in [3.05, 3.63) is 59.7 Å². The molecule has 9 heteroatoms. The fraction of sp³-hybridized carbons (Fsp3) is 0.417. The van der Waals surface area contributed by atoms with E-state index in [-0.39, 0.29) is 25.3 Å². The predicted molar refractivity (Wildman–Crippen MR) is 121 cm³/mol. The Hall–Kier alpha value is -3.30. The SMILES string of the molecule is COCOc1ccc(C(=O)N[C@@H]2CN(C(=O)O)CCC[C@H]2OCc2ccccc2)cc1OC. The first-order valence-corrected chi connectivity index (χ1v) is 10.8. The van der Waals surface area contributed by atoms with E-state index in [0.29, 0.717) is 43.1 Å². The molecule has 2 atom stereocenters. The van der Waals surface area contributed by atoms with Gasteiger partial charge in [0, 0.05) is 25.8 Å². The summed E-state index contributed by atoms with van der Waals surface area (Å²) >= 11 is 0. The van der Waals surface area contributed by atoms with Gasteiger partial charge in [-0.1, -0.05) is 30.3 Å². The molecule has 1 aliphatic heterocycles. The molecule has 0 spiro atoms. The van der Waals surface area contributed by atoms with Gasteiger partial charge < -0.3 is 34.3 Å². The van der Waals surface area contributed by atoms with E-state index in [1.807, 2.05) is 30.3 Å². The average molecular weight is 459 g/mol. The van der Waals surface area contributed by atoms with E-state index >= 15 is 0 Å². The number of ether oxygens (including phenoxy) is 4. The minimum atomic E-state index is -1.01. The normalized spacial score (nSPS) is 18.3. The number of hydrogen-bond acceptors (Lipinski definition) is 6. The van der Waals surface area contributed by atoms with E-state index in [1.165, 1.54) is 19.1 Å². The van der Waals surface area contributed by atoms with E-state index in [2.05, 4.69) is 5.32 Å². The fourth-order valence-electron chi connectivity index (χ4n) is 3.72. The van der Waals surface area contributed by atoms with Crippen LogP contribution in [-0.2, 0) is 16.1 Å². The van der Waals surface area contributed by atoms with Crippen LogP contribution < -0.4 is 14.8 Å². The summed E-state index contributed by atoms with van der Waals surface area (Å²) in [4.78, 5) is 26.0. The van der Waals surface area contributed by atoms with Crippen molar-refractivity contribution >= 4 is 12.0 Å². The van der Waals surface area contributed by atoms with Crippen molar-refractivity contribution in [2.75, 3.05) is 34.1 Å². The number of carbonyl (C=O) groups is 2. The van der Waals surface area contributed by atoms with Crippen molar-refractivity contribution in [3.63, 3.8) is 0 Å². The van der Waals surface area contributed by atoms with Gasteiger partial charge in [-0.05, 0) is 36.6 Å². The third-order valence-corrected chi connectivity index (χ3v) is 5.43. The molecule has 0 unspecified atom stereocenters. The number of carbonyl (C=O) groups excluding carboxylic acids is 1. The second-order valence-corrected chi connectivity index (χ2v) is 7.70. The number of methoxy groups -OCH3 is 2. The lowest BCUT2D eigenvalue weighted by molar-refractivity contribution is 0.0106. The number of amides is 2. The van der Waals surface area contributed by atoms with Crippen LogP contribution in [0.15, 0.2) is 48.5 Å². The summed E-state index contributed by atoms with van der Waals surface area (Å²) in [5.41, 5.74) is 1.38. The second kappa shape index (κ2) is 12.1. The van der Waals surface area contributed by atoms with Crippen molar-refractivity contribution in [1.29, 1.82) is 0 Å². The first kappa shape index (κ1) is 24.3. The van der Waals surface area contributed by atoms with E-state index in [4.69, 9.17) is 18.9 Å². The summed E-state index contributed by atoms with van der Waals surface area (Å²) < 4.78 is 21.8. The highest BCUT2D eigenvalue weighted by molar-refractivity contribution is 5.95. The standard InChI is InChI=1S/C24H30N2O7/c1-30-16-33-21-11-10-18(13-22(21)31-2)23(27)25-19-14-26(24(28)29)12-6-9-20(19)32-15-17-7-4-3-5-8-17/h3-5,7-8,10-11,13,19-20H,6,9,12,14-16H2,1-2H3,(H,25,27)(H,28,29)/t19-,20-/m1/s1. The summed E-state index contributed by atoms with van der Waals surface area (Å²) in [6.45, 7) is 0.971. The molecule has 1 saturated heterocycles. The number of benzene rings is 2. The van der Waals surface area contributed by atoms with Gasteiger partial charge in [-0.25, -0.2) is 4.79 Å². The molecule has 9 nitrogen and oxygen atoms in total. The lowest BCUT2D eigenvalue weighted by Crippen LogP contribution is -2.50. The summed E-state index contributed by atoms with van der Waals surface area (Å²) in [7, 11) is 3.00. The van der Waals surface area contributed by atoms with E-state index in [1.54, 1.807) is 18.2 Å². The maximum absolute atomic E-state index is 13.1. The van der Waals surface area contributed by atoms with Crippen LogP contribution in [0.5, 0.6) is 11.5 Å². The van der Waals surface area contributed by atoms with Crippen LogP contribution in [-0.4, -0.2) is 68.3 Å². The number of hydrogen-bond donors (Lipinski definition) is 2. The van der Waals surface area contributed by atoms with Gasteiger partial charge in [-0.3, -0.25) is 4.79 Å². The number of nitrogens with one attached hydrogen (secondary N) is 1. The molecule has 1 aliphatic rings. The van der Waals surface area contributed by atoms with Gasteiger partial charge in [0.05, 0.1) is 25.9 Å². The van der Waals surface area contributed by atoms with Gasteiger partial charge in [0.15, 0.2) is 18.3 Å². The fourth-order valence-corrected chi connectivity index (χ4v) is 3.72. The Kier molecular flexibility index (Phi) is 8.91. The Morgan fingerprint density at radius 2 is 1.91 bits per heavy atom. The van der Waals surface area contributed by atoms with E-state index in [9.17, 15) is 14.7 Å². The monoisotopic (exact) mass is 458 g/mol. The molecule has 0 saturated carbocycles. The van der Waals surface area contributed by atoms with Crippen LogP contribution in [0.25, 0.3) is 0 Å². The minimum Gasteiger partial charge on any atom is -0.493 e. The highest BCUT2D eigenvalue weighted by atomic mass is 16.7. The van der Waals surface area contributed by atoms with Crippen molar-refractivity contribution in [3.8, 4) is 11.5 Å². The van der Waals surface area contributed by atoms with Crippen LogP contribution in [0.1, 0.15) is 28.8 Å². The quantitative estimate of drug-likeness (QED) is 0.556. The molecule has 0 radical (unpaired) electrons. The van der Waals surface area contributed by atoms with Gasteiger partial charge in [0.2, 0.25) is 0 Å². The third kappa shape index (κ3) is 6.84. The first-order chi connectivity index (χ1) is 16.0. The Morgan fingerprint density at radius 3 is 2.61 bits per heavy atom.